The van der Waals surface area contributed by atoms with Crippen LogP contribution in [-0.2, 0) is 13.0 Å². The number of rotatable bonds is 14. The summed E-state index contributed by atoms with van der Waals surface area (Å²) >= 11 is 0. The average Bonchev–Trinajstić information content (AvgIpc) is 2.94. The first-order valence-corrected chi connectivity index (χ1v) is 15.3. The van der Waals surface area contributed by atoms with Gasteiger partial charge in [0.2, 0.25) is 0 Å². The van der Waals surface area contributed by atoms with Crippen molar-refractivity contribution in [3.63, 3.8) is 0 Å². The molecule has 0 aliphatic heterocycles. The molecule has 0 fully saturated rings. The number of anilines is 3. The van der Waals surface area contributed by atoms with Crippen molar-refractivity contribution in [3.8, 4) is 0 Å². The molecule has 3 rings (SSSR count). The standard InChI is InChI=1S/C36H51N3O/c1-8-9-10-11-12-13-15-29-18-24-32(25-19-29)39(26-30-20-22-31(23-21-30)38(6)7)36(40)37-35-33(27(2)3)16-14-17-34(35)28(4)5/h14,16-25,27-28H,8-13,15,26H2,1-7H3,(H,37,40). The Balaban J connectivity index is 1.85. The second-order valence-electron chi connectivity index (χ2n) is 11.9. The second-order valence-corrected chi connectivity index (χ2v) is 11.9. The summed E-state index contributed by atoms with van der Waals surface area (Å²) in [4.78, 5) is 18.0. The summed E-state index contributed by atoms with van der Waals surface area (Å²) < 4.78 is 0. The minimum atomic E-state index is -0.102. The summed E-state index contributed by atoms with van der Waals surface area (Å²) in [6.07, 6.45) is 8.88. The van der Waals surface area contributed by atoms with Gasteiger partial charge in [-0.3, -0.25) is 4.90 Å². The molecule has 0 atom stereocenters. The molecule has 2 amide bonds. The van der Waals surface area contributed by atoms with Crippen LogP contribution in [0.1, 0.15) is 107 Å². The van der Waals surface area contributed by atoms with Gasteiger partial charge in [-0.15, -0.1) is 0 Å². The maximum Gasteiger partial charge on any atom is 0.326 e. The summed E-state index contributed by atoms with van der Waals surface area (Å²) in [7, 11) is 4.08. The second kappa shape index (κ2) is 15.5. The largest absolute Gasteiger partial charge is 0.378 e. The fourth-order valence-electron chi connectivity index (χ4n) is 5.18. The third-order valence-electron chi connectivity index (χ3n) is 7.71. The van der Waals surface area contributed by atoms with E-state index in [-0.39, 0.29) is 6.03 Å². The SMILES string of the molecule is CCCCCCCCc1ccc(N(Cc2ccc(N(C)C)cc2)C(=O)Nc2c(C(C)C)cccc2C(C)C)cc1. The van der Waals surface area contributed by atoms with E-state index in [2.05, 4.69) is 112 Å². The first kappa shape index (κ1) is 31.3. The molecule has 0 heterocycles. The van der Waals surface area contributed by atoms with Gasteiger partial charge in [-0.1, -0.05) is 109 Å². The van der Waals surface area contributed by atoms with E-state index in [0.29, 0.717) is 18.4 Å². The highest BCUT2D eigenvalue weighted by Crippen LogP contribution is 2.33. The van der Waals surface area contributed by atoms with Crippen molar-refractivity contribution < 1.29 is 4.79 Å². The van der Waals surface area contributed by atoms with Crippen molar-refractivity contribution in [1.82, 2.24) is 0 Å². The molecule has 0 unspecified atom stereocenters. The van der Waals surface area contributed by atoms with Crippen LogP contribution >= 0.6 is 0 Å². The van der Waals surface area contributed by atoms with Crippen molar-refractivity contribution in [3.05, 3.63) is 89.0 Å². The molecule has 216 valence electrons. The number of carbonyl (C=O) groups excluding carboxylic acids is 1. The number of amides is 2. The van der Waals surface area contributed by atoms with E-state index in [9.17, 15) is 4.79 Å². The summed E-state index contributed by atoms with van der Waals surface area (Å²) in [6, 6.07) is 23.3. The highest BCUT2D eigenvalue weighted by atomic mass is 16.2. The zero-order valence-electron chi connectivity index (χ0n) is 26.0. The Morgan fingerprint density at radius 3 is 1.77 bits per heavy atom. The number of nitrogens with zero attached hydrogens (tertiary/aromatic N) is 2. The lowest BCUT2D eigenvalue weighted by Crippen LogP contribution is -2.35. The maximum absolute atomic E-state index is 14.0. The molecule has 0 aliphatic rings. The summed E-state index contributed by atoms with van der Waals surface area (Å²) in [6.45, 7) is 11.5. The van der Waals surface area contributed by atoms with E-state index in [1.807, 2.05) is 19.0 Å². The Bertz CT molecular complexity index is 1150. The number of hydrogen-bond donors (Lipinski definition) is 1. The predicted molar refractivity (Wildman–Crippen MR) is 174 cm³/mol. The highest BCUT2D eigenvalue weighted by molar-refractivity contribution is 6.02. The van der Waals surface area contributed by atoms with Gasteiger partial charge in [0.15, 0.2) is 0 Å². The molecule has 4 heteroatoms. The van der Waals surface area contributed by atoms with Gasteiger partial charge in [-0.05, 0) is 71.2 Å². The van der Waals surface area contributed by atoms with Crippen LogP contribution in [-0.4, -0.2) is 20.1 Å². The van der Waals surface area contributed by atoms with Crippen LogP contribution in [0.4, 0.5) is 21.9 Å². The van der Waals surface area contributed by atoms with E-state index < -0.39 is 0 Å². The molecule has 0 spiro atoms. The fourth-order valence-corrected chi connectivity index (χ4v) is 5.18. The number of carbonyl (C=O) groups is 1. The van der Waals surface area contributed by atoms with Crippen molar-refractivity contribution in [2.24, 2.45) is 0 Å². The van der Waals surface area contributed by atoms with Crippen LogP contribution in [0.15, 0.2) is 66.7 Å². The summed E-state index contributed by atoms with van der Waals surface area (Å²) in [5.74, 6) is 0.615. The molecular weight excluding hydrogens is 490 g/mol. The molecule has 3 aromatic carbocycles. The van der Waals surface area contributed by atoms with Crippen LogP contribution in [0.25, 0.3) is 0 Å². The Labute approximate surface area is 243 Å². The summed E-state index contributed by atoms with van der Waals surface area (Å²) in [5.41, 5.74) is 7.78. The fraction of sp³-hybridized carbons (Fsp3) is 0.472. The van der Waals surface area contributed by atoms with Gasteiger partial charge >= 0.3 is 6.03 Å². The highest BCUT2D eigenvalue weighted by Gasteiger charge is 2.21. The van der Waals surface area contributed by atoms with E-state index in [0.717, 1.165) is 29.0 Å². The van der Waals surface area contributed by atoms with E-state index in [1.54, 1.807) is 0 Å². The van der Waals surface area contributed by atoms with Gasteiger partial charge in [0.05, 0.1) is 6.54 Å². The van der Waals surface area contributed by atoms with Crippen LogP contribution in [0.5, 0.6) is 0 Å². The monoisotopic (exact) mass is 541 g/mol. The quantitative estimate of drug-likeness (QED) is 0.206. The average molecular weight is 542 g/mol. The number of aryl methyl sites for hydroxylation is 1. The predicted octanol–water partition coefficient (Wildman–Crippen LogP) is 10.1. The first-order chi connectivity index (χ1) is 19.2. The van der Waals surface area contributed by atoms with Crippen molar-refractivity contribution >= 4 is 23.1 Å². The topological polar surface area (TPSA) is 35.6 Å². The Morgan fingerprint density at radius 1 is 0.700 bits per heavy atom. The van der Waals surface area contributed by atoms with Gasteiger partial charge in [-0.25, -0.2) is 4.79 Å². The molecule has 0 bridgehead atoms. The zero-order valence-corrected chi connectivity index (χ0v) is 26.0. The molecule has 40 heavy (non-hydrogen) atoms. The molecule has 0 aliphatic carbocycles. The minimum Gasteiger partial charge on any atom is -0.378 e. The molecule has 4 nitrogen and oxygen atoms in total. The number of nitrogens with one attached hydrogen (secondary N) is 1. The van der Waals surface area contributed by atoms with Gasteiger partial charge in [0, 0.05) is 31.2 Å². The van der Waals surface area contributed by atoms with Gasteiger partial charge in [0.1, 0.15) is 0 Å². The third kappa shape index (κ3) is 8.87. The lowest BCUT2D eigenvalue weighted by atomic mass is 9.93. The van der Waals surface area contributed by atoms with E-state index in [1.165, 1.54) is 55.2 Å². The van der Waals surface area contributed by atoms with E-state index in [4.69, 9.17) is 0 Å². The van der Waals surface area contributed by atoms with Crippen molar-refractivity contribution in [1.29, 1.82) is 0 Å². The van der Waals surface area contributed by atoms with Crippen LogP contribution in [0.2, 0.25) is 0 Å². The molecule has 0 radical (unpaired) electrons. The number of unbranched alkanes of at least 4 members (excludes halogenated alkanes) is 5. The van der Waals surface area contributed by atoms with Gasteiger partial charge < -0.3 is 10.2 Å². The summed E-state index contributed by atoms with van der Waals surface area (Å²) in [5, 5.41) is 3.34. The Kier molecular flexibility index (Phi) is 12.1. The normalized spacial score (nSPS) is 11.2. The third-order valence-corrected chi connectivity index (χ3v) is 7.71. The van der Waals surface area contributed by atoms with Gasteiger partial charge in [0.25, 0.3) is 0 Å². The lowest BCUT2D eigenvalue weighted by molar-refractivity contribution is 0.256. The number of para-hydroxylation sites is 1. The molecule has 0 saturated heterocycles. The van der Waals surface area contributed by atoms with Gasteiger partial charge in [-0.2, -0.15) is 0 Å². The van der Waals surface area contributed by atoms with Crippen molar-refractivity contribution in [2.45, 2.75) is 97.9 Å². The molecule has 3 aromatic rings. The van der Waals surface area contributed by atoms with Crippen LogP contribution in [0.3, 0.4) is 0 Å². The molecular formula is C36H51N3O. The number of urea groups is 1. The van der Waals surface area contributed by atoms with Crippen molar-refractivity contribution in [2.75, 3.05) is 29.2 Å². The molecule has 0 aromatic heterocycles. The molecule has 0 saturated carbocycles. The Hall–Kier alpha value is -3.27. The first-order valence-electron chi connectivity index (χ1n) is 15.3. The smallest absolute Gasteiger partial charge is 0.326 e. The minimum absolute atomic E-state index is 0.102. The number of hydrogen-bond acceptors (Lipinski definition) is 2. The maximum atomic E-state index is 14.0. The molecule has 1 N–H and O–H groups in total. The zero-order chi connectivity index (χ0) is 29.1. The van der Waals surface area contributed by atoms with Crippen LogP contribution < -0.4 is 15.1 Å². The Morgan fingerprint density at radius 2 is 1.23 bits per heavy atom. The van der Waals surface area contributed by atoms with E-state index >= 15 is 0 Å². The number of benzene rings is 3. The van der Waals surface area contributed by atoms with Crippen LogP contribution in [0, 0.1) is 0 Å². The lowest BCUT2D eigenvalue weighted by Gasteiger charge is -2.27.